The summed E-state index contributed by atoms with van der Waals surface area (Å²) < 4.78 is 1.72. The van der Waals surface area contributed by atoms with E-state index in [9.17, 15) is 4.79 Å². The molecule has 1 aromatic heterocycles. The molecule has 5 heteroatoms. The number of hydrogen-bond donors (Lipinski definition) is 2. The Kier molecular flexibility index (Phi) is 4.49. The molecule has 1 amide bonds. The van der Waals surface area contributed by atoms with Crippen molar-refractivity contribution >= 4 is 5.91 Å². The Labute approximate surface area is 96.2 Å². The quantitative estimate of drug-likeness (QED) is 0.768. The summed E-state index contributed by atoms with van der Waals surface area (Å²) in [7, 11) is 1.87. The molecule has 0 aliphatic carbocycles. The zero-order valence-corrected chi connectivity index (χ0v) is 10.4. The molecule has 5 nitrogen and oxygen atoms in total. The molecule has 0 saturated carbocycles. The van der Waals surface area contributed by atoms with Crippen molar-refractivity contribution in [2.75, 3.05) is 13.6 Å². The lowest BCUT2D eigenvalue weighted by atomic mass is 10.3. The molecule has 0 saturated heterocycles. The fourth-order valence-corrected chi connectivity index (χ4v) is 1.41. The third kappa shape index (κ3) is 3.06. The Balaban J connectivity index is 2.65. The maximum Gasteiger partial charge on any atom is 0.269 e. The maximum absolute atomic E-state index is 11.9. The first-order valence-corrected chi connectivity index (χ1v) is 5.58. The second-order valence-corrected chi connectivity index (χ2v) is 3.89. The highest BCUT2D eigenvalue weighted by Gasteiger charge is 2.13. The highest BCUT2D eigenvalue weighted by atomic mass is 16.2. The van der Waals surface area contributed by atoms with Gasteiger partial charge < -0.3 is 10.6 Å². The normalized spacial score (nSPS) is 12.5. The topological polar surface area (TPSA) is 59.0 Å². The van der Waals surface area contributed by atoms with Crippen LogP contribution in [0.5, 0.6) is 0 Å². The van der Waals surface area contributed by atoms with Gasteiger partial charge in [-0.1, -0.05) is 0 Å². The van der Waals surface area contributed by atoms with Crippen molar-refractivity contribution in [3.8, 4) is 0 Å². The number of amides is 1. The fraction of sp³-hybridized carbons (Fsp3) is 0.636. The molecule has 0 aliphatic rings. The third-order valence-electron chi connectivity index (χ3n) is 2.50. The average molecular weight is 224 g/mol. The van der Waals surface area contributed by atoms with Gasteiger partial charge in [0.1, 0.15) is 5.69 Å². The van der Waals surface area contributed by atoms with Crippen LogP contribution in [0.25, 0.3) is 0 Å². The number of carbonyl (C=O) groups excluding carboxylic acids is 1. The number of aryl methyl sites for hydroxylation is 2. The third-order valence-corrected chi connectivity index (χ3v) is 2.50. The van der Waals surface area contributed by atoms with E-state index in [1.54, 1.807) is 4.68 Å². The zero-order valence-electron chi connectivity index (χ0n) is 10.4. The average Bonchev–Trinajstić information content (AvgIpc) is 2.66. The minimum absolute atomic E-state index is 0.0652. The molecule has 90 valence electrons. The number of carbonyl (C=O) groups is 1. The van der Waals surface area contributed by atoms with E-state index in [1.165, 1.54) is 0 Å². The van der Waals surface area contributed by atoms with Crippen molar-refractivity contribution in [2.45, 2.75) is 33.4 Å². The zero-order chi connectivity index (χ0) is 12.1. The van der Waals surface area contributed by atoms with E-state index in [1.807, 2.05) is 33.9 Å². The Morgan fingerprint density at radius 1 is 1.62 bits per heavy atom. The number of nitrogens with zero attached hydrogens (tertiary/aromatic N) is 2. The summed E-state index contributed by atoms with van der Waals surface area (Å²) in [6.07, 6.45) is 0. The van der Waals surface area contributed by atoms with E-state index in [4.69, 9.17) is 0 Å². The molecule has 1 aromatic rings. The molecule has 1 unspecified atom stereocenters. The van der Waals surface area contributed by atoms with Crippen LogP contribution in [0, 0.1) is 6.92 Å². The van der Waals surface area contributed by atoms with Gasteiger partial charge in [-0.15, -0.1) is 0 Å². The fourth-order valence-electron chi connectivity index (χ4n) is 1.41. The molecule has 1 heterocycles. The molecule has 0 bridgehead atoms. The number of likely N-dealkylation sites (N-methyl/N-ethyl adjacent to an activating group) is 1. The maximum atomic E-state index is 11.9. The van der Waals surface area contributed by atoms with Crippen LogP contribution in [0.3, 0.4) is 0 Å². The molecule has 0 radical (unpaired) electrons. The summed E-state index contributed by atoms with van der Waals surface area (Å²) in [5.41, 5.74) is 1.50. The molecular formula is C11H20N4O. The predicted octanol–water partition coefficient (Wildman–Crippen LogP) is 0.549. The van der Waals surface area contributed by atoms with Crippen LogP contribution in [0.15, 0.2) is 6.07 Å². The van der Waals surface area contributed by atoms with Crippen LogP contribution in [0.1, 0.15) is 30.0 Å². The minimum atomic E-state index is -0.0652. The SMILES string of the molecule is CCn1nc(C)cc1C(=O)NCC(C)NC. The van der Waals surface area contributed by atoms with Gasteiger partial charge in [0.25, 0.3) is 5.91 Å². The summed E-state index contributed by atoms with van der Waals surface area (Å²) in [6, 6.07) is 2.08. The largest absolute Gasteiger partial charge is 0.349 e. The first-order chi connectivity index (χ1) is 7.58. The predicted molar refractivity (Wildman–Crippen MR) is 63.5 cm³/mol. The number of hydrogen-bond acceptors (Lipinski definition) is 3. The monoisotopic (exact) mass is 224 g/mol. The molecule has 0 fully saturated rings. The van der Waals surface area contributed by atoms with Crippen LogP contribution in [0.4, 0.5) is 0 Å². The van der Waals surface area contributed by atoms with Crippen LogP contribution >= 0.6 is 0 Å². The van der Waals surface area contributed by atoms with E-state index in [0.717, 1.165) is 5.69 Å². The lowest BCUT2D eigenvalue weighted by Crippen LogP contribution is -2.37. The van der Waals surface area contributed by atoms with Crippen molar-refractivity contribution in [2.24, 2.45) is 0 Å². The van der Waals surface area contributed by atoms with Crippen molar-refractivity contribution in [3.63, 3.8) is 0 Å². The van der Waals surface area contributed by atoms with Gasteiger partial charge in [-0.25, -0.2) is 0 Å². The van der Waals surface area contributed by atoms with Crippen molar-refractivity contribution in [3.05, 3.63) is 17.5 Å². The van der Waals surface area contributed by atoms with Gasteiger partial charge in [0.05, 0.1) is 5.69 Å². The molecule has 0 spiro atoms. The Morgan fingerprint density at radius 2 is 2.31 bits per heavy atom. The second-order valence-electron chi connectivity index (χ2n) is 3.89. The van der Waals surface area contributed by atoms with Gasteiger partial charge in [0, 0.05) is 19.1 Å². The Bertz CT molecular complexity index is 359. The van der Waals surface area contributed by atoms with E-state index >= 15 is 0 Å². The molecule has 0 aromatic carbocycles. The Hall–Kier alpha value is -1.36. The van der Waals surface area contributed by atoms with E-state index in [0.29, 0.717) is 18.8 Å². The standard InChI is InChI=1S/C11H20N4O/c1-5-15-10(6-8(2)14-15)11(16)13-7-9(3)12-4/h6,9,12H,5,7H2,1-4H3,(H,13,16). The van der Waals surface area contributed by atoms with Gasteiger partial charge in [0.2, 0.25) is 0 Å². The van der Waals surface area contributed by atoms with Crippen LogP contribution in [0.2, 0.25) is 0 Å². The van der Waals surface area contributed by atoms with Gasteiger partial charge >= 0.3 is 0 Å². The van der Waals surface area contributed by atoms with E-state index in [2.05, 4.69) is 15.7 Å². The second kappa shape index (κ2) is 5.65. The molecule has 1 rings (SSSR count). The highest BCUT2D eigenvalue weighted by molar-refractivity contribution is 5.92. The van der Waals surface area contributed by atoms with Crippen LogP contribution < -0.4 is 10.6 Å². The molecule has 16 heavy (non-hydrogen) atoms. The highest BCUT2D eigenvalue weighted by Crippen LogP contribution is 2.03. The van der Waals surface area contributed by atoms with Gasteiger partial charge in [0.15, 0.2) is 0 Å². The van der Waals surface area contributed by atoms with Gasteiger partial charge in [-0.2, -0.15) is 5.10 Å². The molecule has 1 atom stereocenters. The van der Waals surface area contributed by atoms with Crippen molar-refractivity contribution in [1.29, 1.82) is 0 Å². The number of aromatic nitrogens is 2. The summed E-state index contributed by atoms with van der Waals surface area (Å²) >= 11 is 0. The number of nitrogens with one attached hydrogen (secondary N) is 2. The Morgan fingerprint density at radius 3 is 2.88 bits per heavy atom. The lowest BCUT2D eigenvalue weighted by Gasteiger charge is -2.11. The molecule has 0 aliphatic heterocycles. The lowest BCUT2D eigenvalue weighted by molar-refractivity contribution is 0.0940. The van der Waals surface area contributed by atoms with E-state index in [-0.39, 0.29) is 11.9 Å². The summed E-state index contributed by atoms with van der Waals surface area (Å²) in [5.74, 6) is -0.0652. The van der Waals surface area contributed by atoms with Crippen LogP contribution in [-0.2, 0) is 6.54 Å². The van der Waals surface area contributed by atoms with Crippen LogP contribution in [-0.4, -0.2) is 35.3 Å². The van der Waals surface area contributed by atoms with Gasteiger partial charge in [-0.3, -0.25) is 9.48 Å². The summed E-state index contributed by atoms with van der Waals surface area (Å²) in [5, 5.41) is 10.2. The van der Waals surface area contributed by atoms with Crippen molar-refractivity contribution < 1.29 is 4.79 Å². The smallest absolute Gasteiger partial charge is 0.269 e. The summed E-state index contributed by atoms with van der Waals surface area (Å²) in [4.78, 5) is 11.9. The first kappa shape index (κ1) is 12.7. The molecular weight excluding hydrogens is 204 g/mol. The minimum Gasteiger partial charge on any atom is -0.349 e. The van der Waals surface area contributed by atoms with E-state index < -0.39 is 0 Å². The van der Waals surface area contributed by atoms with Gasteiger partial charge in [-0.05, 0) is 33.9 Å². The number of rotatable bonds is 5. The molecule has 2 N–H and O–H groups in total. The van der Waals surface area contributed by atoms with Crippen molar-refractivity contribution in [1.82, 2.24) is 20.4 Å². The summed E-state index contributed by atoms with van der Waals surface area (Å²) in [6.45, 7) is 7.20. The first-order valence-electron chi connectivity index (χ1n) is 5.58.